The Hall–Kier alpha value is -1.85. The molecule has 0 N–H and O–H groups in total. The highest BCUT2D eigenvalue weighted by Gasteiger charge is 2.36. The second-order valence-electron chi connectivity index (χ2n) is 6.26. The molecule has 23 heavy (non-hydrogen) atoms. The van der Waals surface area contributed by atoms with E-state index in [-0.39, 0.29) is 16.6 Å². The van der Waals surface area contributed by atoms with Gasteiger partial charge in [-0.25, -0.2) is 0 Å². The second kappa shape index (κ2) is 5.98. The minimum absolute atomic E-state index is 0.00976. The maximum absolute atomic E-state index is 12.6. The van der Waals surface area contributed by atoms with Gasteiger partial charge in [-0.2, -0.15) is 5.26 Å². The van der Waals surface area contributed by atoms with Crippen molar-refractivity contribution in [3.8, 4) is 6.07 Å². The zero-order valence-corrected chi connectivity index (χ0v) is 14.7. The summed E-state index contributed by atoms with van der Waals surface area (Å²) in [6, 6.07) is 3.86. The zero-order chi connectivity index (χ0) is 16.6. The number of carbonyl (C=O) groups excluding carboxylic acids is 1. The predicted molar refractivity (Wildman–Crippen MR) is 88.6 cm³/mol. The Balaban J connectivity index is 1.73. The molecule has 0 radical (unpaired) electrons. The van der Waals surface area contributed by atoms with E-state index in [0.717, 1.165) is 5.00 Å². The average Bonchev–Trinajstić information content (AvgIpc) is 3.19. The number of hydrogen-bond acceptors (Lipinski definition) is 7. The Bertz CT molecular complexity index is 769. The van der Waals surface area contributed by atoms with Crippen LogP contribution in [0, 0.1) is 11.3 Å². The third-order valence-corrected chi connectivity index (χ3v) is 5.48. The number of carbonyl (C=O) groups is 1. The van der Waals surface area contributed by atoms with E-state index in [1.807, 2.05) is 26.2 Å². The topological polar surface area (TPSA) is 83.0 Å². The SMILES string of the molecule is CC(C)(C)c1nnc(S[C@@H]2CCN(c3sccc3C#N)C2=O)o1. The van der Waals surface area contributed by atoms with Crippen LogP contribution in [0.4, 0.5) is 5.00 Å². The molecular formula is C15H16N4O2S2. The van der Waals surface area contributed by atoms with Crippen molar-refractivity contribution >= 4 is 34.0 Å². The van der Waals surface area contributed by atoms with Gasteiger partial charge in [-0.15, -0.1) is 21.5 Å². The molecule has 2 aromatic rings. The van der Waals surface area contributed by atoms with Gasteiger partial charge in [0.2, 0.25) is 11.8 Å². The third-order valence-electron chi connectivity index (χ3n) is 3.46. The Morgan fingerprint density at radius 2 is 2.26 bits per heavy atom. The number of nitriles is 1. The molecule has 6 nitrogen and oxygen atoms in total. The van der Waals surface area contributed by atoms with Gasteiger partial charge < -0.3 is 9.32 Å². The molecule has 120 valence electrons. The highest BCUT2D eigenvalue weighted by atomic mass is 32.2. The van der Waals surface area contributed by atoms with Crippen molar-refractivity contribution in [2.24, 2.45) is 0 Å². The molecule has 8 heteroatoms. The van der Waals surface area contributed by atoms with Crippen LogP contribution in [0.25, 0.3) is 0 Å². The monoisotopic (exact) mass is 348 g/mol. The molecule has 1 aliphatic rings. The van der Waals surface area contributed by atoms with Gasteiger partial charge in [-0.1, -0.05) is 32.5 Å². The van der Waals surface area contributed by atoms with Crippen LogP contribution in [-0.4, -0.2) is 27.9 Å². The standard InChI is InChI=1S/C15H16N4O2S2/c1-15(2,3)13-17-18-14(21-13)23-10-4-6-19(11(10)20)12-9(8-16)5-7-22-12/h5,7,10H,4,6H2,1-3H3/t10-/m1/s1. The third kappa shape index (κ3) is 3.12. The first kappa shape index (κ1) is 16.0. The summed E-state index contributed by atoms with van der Waals surface area (Å²) in [6.07, 6.45) is 0.694. The van der Waals surface area contributed by atoms with Gasteiger partial charge in [-0.05, 0) is 17.9 Å². The molecule has 1 aliphatic heterocycles. The summed E-state index contributed by atoms with van der Waals surface area (Å²) in [5.74, 6) is 0.553. The lowest BCUT2D eigenvalue weighted by Crippen LogP contribution is -2.27. The summed E-state index contributed by atoms with van der Waals surface area (Å²) >= 11 is 2.71. The fourth-order valence-corrected chi connectivity index (χ4v) is 4.03. The number of thiophene rings is 1. The smallest absolute Gasteiger partial charge is 0.277 e. The van der Waals surface area contributed by atoms with Gasteiger partial charge in [-0.3, -0.25) is 4.79 Å². The molecule has 0 spiro atoms. The minimum atomic E-state index is -0.253. The lowest BCUT2D eigenvalue weighted by Gasteiger charge is -2.14. The summed E-state index contributed by atoms with van der Waals surface area (Å²) in [5.41, 5.74) is 0.331. The molecule has 2 aromatic heterocycles. The number of nitrogens with zero attached hydrogens (tertiary/aromatic N) is 4. The lowest BCUT2D eigenvalue weighted by atomic mass is 9.97. The Labute approximate surface area is 142 Å². The number of amides is 1. The quantitative estimate of drug-likeness (QED) is 0.847. The van der Waals surface area contributed by atoms with Crippen LogP contribution < -0.4 is 4.90 Å². The molecule has 0 bridgehead atoms. The van der Waals surface area contributed by atoms with Crippen molar-refractivity contribution in [3.05, 3.63) is 22.9 Å². The summed E-state index contributed by atoms with van der Waals surface area (Å²) in [5, 5.41) is 19.9. The molecule has 1 saturated heterocycles. The van der Waals surface area contributed by atoms with Crippen LogP contribution in [0.1, 0.15) is 38.6 Å². The molecular weight excluding hydrogens is 332 g/mol. The van der Waals surface area contributed by atoms with Crippen molar-refractivity contribution < 1.29 is 9.21 Å². The number of rotatable bonds is 3. The van der Waals surface area contributed by atoms with Gasteiger partial charge in [0.15, 0.2) is 0 Å². The summed E-state index contributed by atoms with van der Waals surface area (Å²) in [6.45, 7) is 6.60. The van der Waals surface area contributed by atoms with Gasteiger partial charge in [0, 0.05) is 12.0 Å². The van der Waals surface area contributed by atoms with Crippen LogP contribution in [-0.2, 0) is 10.2 Å². The van der Waals surface area contributed by atoms with E-state index in [2.05, 4.69) is 16.3 Å². The predicted octanol–water partition coefficient (Wildman–Crippen LogP) is 3.20. The first-order valence-electron chi connectivity index (χ1n) is 7.20. The van der Waals surface area contributed by atoms with Crippen LogP contribution in [0.3, 0.4) is 0 Å². The molecule has 1 fully saturated rings. The van der Waals surface area contributed by atoms with E-state index in [1.165, 1.54) is 23.1 Å². The molecule has 0 aromatic carbocycles. The normalized spacial score (nSPS) is 18.4. The maximum Gasteiger partial charge on any atom is 0.277 e. The molecule has 3 rings (SSSR count). The van der Waals surface area contributed by atoms with E-state index in [0.29, 0.717) is 29.6 Å². The van der Waals surface area contributed by atoms with Crippen molar-refractivity contribution in [3.63, 3.8) is 0 Å². The largest absolute Gasteiger partial charge is 0.415 e. The van der Waals surface area contributed by atoms with E-state index < -0.39 is 0 Å². The summed E-state index contributed by atoms with van der Waals surface area (Å²) in [4.78, 5) is 14.3. The molecule has 3 heterocycles. The van der Waals surface area contributed by atoms with Gasteiger partial charge in [0.25, 0.3) is 5.22 Å². The first-order valence-corrected chi connectivity index (χ1v) is 8.95. The summed E-state index contributed by atoms with van der Waals surface area (Å²) in [7, 11) is 0. The van der Waals surface area contributed by atoms with Gasteiger partial charge in [0.1, 0.15) is 11.1 Å². The Morgan fingerprint density at radius 3 is 2.91 bits per heavy atom. The van der Waals surface area contributed by atoms with Crippen molar-refractivity contribution in [1.29, 1.82) is 5.26 Å². The van der Waals surface area contributed by atoms with E-state index >= 15 is 0 Å². The van der Waals surface area contributed by atoms with E-state index in [9.17, 15) is 4.79 Å². The number of hydrogen-bond donors (Lipinski definition) is 0. The van der Waals surface area contributed by atoms with Crippen LogP contribution in [0.5, 0.6) is 0 Å². The Morgan fingerprint density at radius 1 is 1.48 bits per heavy atom. The molecule has 0 unspecified atom stereocenters. The highest BCUT2D eigenvalue weighted by Crippen LogP contribution is 2.36. The highest BCUT2D eigenvalue weighted by molar-refractivity contribution is 8.00. The number of aromatic nitrogens is 2. The Kier molecular flexibility index (Phi) is 4.17. The van der Waals surface area contributed by atoms with Crippen molar-refractivity contribution in [2.75, 3.05) is 11.4 Å². The van der Waals surface area contributed by atoms with Crippen molar-refractivity contribution in [1.82, 2.24) is 10.2 Å². The van der Waals surface area contributed by atoms with Crippen LogP contribution in [0.15, 0.2) is 21.1 Å². The maximum atomic E-state index is 12.6. The number of anilines is 1. The first-order chi connectivity index (χ1) is 10.9. The van der Waals surface area contributed by atoms with E-state index in [4.69, 9.17) is 9.68 Å². The minimum Gasteiger partial charge on any atom is -0.415 e. The van der Waals surface area contributed by atoms with E-state index in [1.54, 1.807) is 11.0 Å². The molecule has 1 atom stereocenters. The molecule has 1 amide bonds. The lowest BCUT2D eigenvalue weighted by molar-refractivity contribution is -0.116. The zero-order valence-electron chi connectivity index (χ0n) is 13.1. The fraction of sp³-hybridized carbons (Fsp3) is 0.467. The van der Waals surface area contributed by atoms with Gasteiger partial charge in [0.05, 0.1) is 10.8 Å². The summed E-state index contributed by atoms with van der Waals surface area (Å²) < 4.78 is 5.65. The molecule has 0 saturated carbocycles. The number of thioether (sulfide) groups is 1. The molecule has 0 aliphatic carbocycles. The van der Waals surface area contributed by atoms with Crippen LogP contribution >= 0.6 is 23.1 Å². The van der Waals surface area contributed by atoms with Crippen molar-refractivity contribution in [2.45, 2.75) is 43.1 Å². The van der Waals surface area contributed by atoms with Gasteiger partial charge >= 0.3 is 0 Å². The second-order valence-corrected chi connectivity index (χ2v) is 8.31. The average molecular weight is 348 g/mol. The van der Waals surface area contributed by atoms with Crippen LogP contribution in [0.2, 0.25) is 0 Å². The fourth-order valence-electron chi connectivity index (χ4n) is 2.24.